The van der Waals surface area contributed by atoms with Crippen LogP contribution in [0.5, 0.6) is 0 Å². The fourth-order valence-corrected chi connectivity index (χ4v) is 8.03. The molecule has 7 rings (SSSR count). The van der Waals surface area contributed by atoms with Crippen molar-refractivity contribution < 1.29 is 0 Å². The zero-order valence-corrected chi connectivity index (χ0v) is 30.5. The summed E-state index contributed by atoms with van der Waals surface area (Å²) in [6.07, 6.45) is 6.93. The Morgan fingerprint density at radius 2 is 0.854 bits per heavy atom. The molecule has 0 fully saturated rings. The Kier molecular flexibility index (Phi) is 8.35. The van der Waals surface area contributed by atoms with Gasteiger partial charge in [0.1, 0.15) is 0 Å². The number of hydrogen-bond acceptors (Lipinski definition) is 0. The number of fused-ring (bicyclic) bond motifs is 4. The van der Waals surface area contributed by atoms with Gasteiger partial charge in [-0.2, -0.15) is 0 Å². The molecule has 0 bridgehead atoms. The lowest BCUT2D eigenvalue weighted by Crippen LogP contribution is -2.10. The van der Waals surface area contributed by atoms with Crippen molar-refractivity contribution in [2.24, 2.45) is 0 Å². The summed E-state index contributed by atoms with van der Waals surface area (Å²) in [7, 11) is 0. The van der Waals surface area contributed by atoms with E-state index >= 15 is 0 Å². The standard InChI is InChI=1S/C48H52/c1-9-11-17-36-42-29-40(31-21-25-34(26-22-31)47(3,4)5)41(32-23-27-35(28-24-32)48(6,7)8)30-43(42)37(18-12-10-2)46-39-20-14-16-33-15-13-19-38(44(33)39)45(36)46/h13-16,19-30H,9-12,17-18H2,1-8H3. The smallest absolute Gasteiger partial charge is 0.00262 e. The van der Waals surface area contributed by atoms with Crippen molar-refractivity contribution in [2.45, 2.75) is 105 Å². The first-order chi connectivity index (χ1) is 23.0. The van der Waals surface area contributed by atoms with Crippen molar-refractivity contribution in [3.05, 3.63) is 119 Å². The fourth-order valence-electron chi connectivity index (χ4n) is 8.03. The monoisotopic (exact) mass is 628 g/mol. The van der Waals surface area contributed by atoms with Gasteiger partial charge in [-0.15, -0.1) is 0 Å². The molecule has 0 saturated heterocycles. The van der Waals surface area contributed by atoms with Crippen molar-refractivity contribution in [1.82, 2.24) is 0 Å². The highest BCUT2D eigenvalue weighted by Crippen LogP contribution is 2.54. The van der Waals surface area contributed by atoms with Crippen LogP contribution in [0.2, 0.25) is 0 Å². The summed E-state index contributed by atoms with van der Waals surface area (Å²) in [5.41, 5.74) is 17.2. The molecule has 0 spiro atoms. The molecule has 0 heteroatoms. The van der Waals surface area contributed by atoms with Gasteiger partial charge in [0, 0.05) is 0 Å². The maximum Gasteiger partial charge on any atom is -0.00262 e. The molecule has 0 amide bonds. The van der Waals surface area contributed by atoms with Crippen LogP contribution in [0.4, 0.5) is 0 Å². The quantitative estimate of drug-likeness (QED) is 0.157. The van der Waals surface area contributed by atoms with Gasteiger partial charge in [-0.05, 0) is 137 Å². The van der Waals surface area contributed by atoms with Crippen molar-refractivity contribution in [1.29, 1.82) is 0 Å². The van der Waals surface area contributed by atoms with E-state index in [9.17, 15) is 0 Å². The number of rotatable bonds is 8. The van der Waals surface area contributed by atoms with Crippen molar-refractivity contribution in [3.63, 3.8) is 0 Å². The Balaban J connectivity index is 1.59. The van der Waals surface area contributed by atoms with Gasteiger partial charge in [0.05, 0.1) is 0 Å². The second-order valence-electron chi connectivity index (χ2n) is 16.2. The van der Waals surface area contributed by atoms with Crippen LogP contribution < -0.4 is 0 Å². The maximum absolute atomic E-state index is 2.58. The van der Waals surface area contributed by atoms with E-state index in [1.807, 2.05) is 0 Å². The van der Waals surface area contributed by atoms with Crippen LogP contribution >= 0.6 is 0 Å². The molecule has 1 aliphatic carbocycles. The molecule has 1 aliphatic rings. The summed E-state index contributed by atoms with van der Waals surface area (Å²) in [5, 5.41) is 5.69. The minimum absolute atomic E-state index is 0.117. The minimum atomic E-state index is 0.117. The van der Waals surface area contributed by atoms with E-state index in [2.05, 4.69) is 152 Å². The molecule has 48 heavy (non-hydrogen) atoms. The molecule has 6 aromatic rings. The Hall–Kier alpha value is -4.16. The fraction of sp³-hybridized carbons (Fsp3) is 0.333. The molecule has 0 aliphatic heterocycles. The largest absolute Gasteiger partial charge is 0.0654 e. The average Bonchev–Trinajstić information content (AvgIpc) is 3.41. The first kappa shape index (κ1) is 32.4. The van der Waals surface area contributed by atoms with Gasteiger partial charge in [-0.25, -0.2) is 0 Å². The number of benzene rings is 6. The van der Waals surface area contributed by atoms with E-state index in [-0.39, 0.29) is 10.8 Å². The SMILES string of the molecule is CCCCc1c2c(c(CCCC)c3cc(-c4ccc(C(C)(C)C)cc4)c(-c4ccc(C(C)(C)C)cc4)cc13)-c1cccc3cccc-2c13. The van der Waals surface area contributed by atoms with E-state index in [0.29, 0.717) is 0 Å². The molecule has 0 heterocycles. The van der Waals surface area contributed by atoms with E-state index in [0.717, 1.165) is 12.8 Å². The van der Waals surface area contributed by atoms with Gasteiger partial charge in [0.25, 0.3) is 0 Å². The second-order valence-corrected chi connectivity index (χ2v) is 16.2. The summed E-state index contributed by atoms with van der Waals surface area (Å²) >= 11 is 0. The number of hydrogen-bond donors (Lipinski definition) is 0. The summed E-state index contributed by atoms with van der Waals surface area (Å²) in [6, 6.07) is 37.9. The van der Waals surface area contributed by atoms with E-state index in [1.165, 1.54) is 114 Å². The molecular formula is C48H52. The predicted octanol–water partition coefficient (Wildman–Crippen LogP) is 14.3. The van der Waals surface area contributed by atoms with Gasteiger partial charge < -0.3 is 0 Å². The van der Waals surface area contributed by atoms with Gasteiger partial charge in [0.15, 0.2) is 0 Å². The van der Waals surface area contributed by atoms with Crippen LogP contribution in [0.25, 0.3) is 66.1 Å². The first-order valence-electron chi connectivity index (χ1n) is 18.4. The first-order valence-corrected chi connectivity index (χ1v) is 18.4. The second kappa shape index (κ2) is 12.4. The van der Waals surface area contributed by atoms with Crippen molar-refractivity contribution in [2.75, 3.05) is 0 Å². The third kappa shape index (κ3) is 5.58. The lowest BCUT2D eigenvalue weighted by molar-refractivity contribution is 0.590. The van der Waals surface area contributed by atoms with Gasteiger partial charge in [-0.1, -0.05) is 153 Å². The van der Waals surface area contributed by atoms with Crippen LogP contribution in [-0.2, 0) is 23.7 Å². The number of unbranched alkanes of at least 4 members (excludes halogenated alkanes) is 2. The summed E-state index contributed by atoms with van der Waals surface area (Å²) in [4.78, 5) is 0. The number of aryl methyl sites for hydroxylation is 2. The average molecular weight is 629 g/mol. The topological polar surface area (TPSA) is 0 Å². The highest BCUT2D eigenvalue weighted by atomic mass is 14.3. The highest BCUT2D eigenvalue weighted by molar-refractivity contribution is 6.20. The minimum Gasteiger partial charge on any atom is -0.0654 e. The van der Waals surface area contributed by atoms with Gasteiger partial charge >= 0.3 is 0 Å². The summed E-state index contributed by atoms with van der Waals surface area (Å²) in [6.45, 7) is 18.5. The molecule has 0 aromatic heterocycles. The lowest BCUT2D eigenvalue weighted by atomic mass is 9.80. The molecule has 0 radical (unpaired) electrons. The molecule has 0 unspecified atom stereocenters. The normalized spacial score (nSPS) is 12.7. The van der Waals surface area contributed by atoms with E-state index < -0.39 is 0 Å². The zero-order valence-electron chi connectivity index (χ0n) is 30.5. The Morgan fingerprint density at radius 1 is 0.458 bits per heavy atom. The molecule has 0 atom stereocenters. The Morgan fingerprint density at radius 3 is 1.21 bits per heavy atom. The zero-order chi connectivity index (χ0) is 33.8. The molecule has 0 N–H and O–H groups in total. The van der Waals surface area contributed by atoms with Gasteiger partial charge in [-0.3, -0.25) is 0 Å². The van der Waals surface area contributed by atoms with Crippen molar-refractivity contribution in [3.8, 4) is 44.5 Å². The third-order valence-electron chi connectivity index (χ3n) is 10.8. The molecule has 6 aromatic carbocycles. The van der Waals surface area contributed by atoms with Crippen LogP contribution in [0, 0.1) is 0 Å². The van der Waals surface area contributed by atoms with Crippen LogP contribution in [-0.4, -0.2) is 0 Å². The highest BCUT2D eigenvalue weighted by Gasteiger charge is 2.29. The molecule has 244 valence electrons. The van der Waals surface area contributed by atoms with Crippen LogP contribution in [0.1, 0.15) is 103 Å². The van der Waals surface area contributed by atoms with Crippen LogP contribution in [0.15, 0.2) is 97.1 Å². The molecule has 0 saturated carbocycles. The van der Waals surface area contributed by atoms with Crippen LogP contribution in [0.3, 0.4) is 0 Å². The van der Waals surface area contributed by atoms with E-state index in [1.54, 1.807) is 0 Å². The Labute approximate surface area is 289 Å². The Bertz CT molecular complexity index is 1970. The van der Waals surface area contributed by atoms with Crippen molar-refractivity contribution >= 4 is 21.5 Å². The summed E-state index contributed by atoms with van der Waals surface area (Å²) < 4.78 is 0. The van der Waals surface area contributed by atoms with E-state index in [4.69, 9.17) is 0 Å². The lowest BCUT2D eigenvalue weighted by Gasteiger charge is -2.24. The summed E-state index contributed by atoms with van der Waals surface area (Å²) in [5.74, 6) is 0. The molecular weight excluding hydrogens is 577 g/mol. The third-order valence-corrected chi connectivity index (χ3v) is 10.8. The maximum atomic E-state index is 2.58. The van der Waals surface area contributed by atoms with Gasteiger partial charge in [0.2, 0.25) is 0 Å². The molecule has 0 nitrogen and oxygen atoms in total. The predicted molar refractivity (Wildman–Crippen MR) is 211 cm³/mol.